The van der Waals surface area contributed by atoms with Gasteiger partial charge in [-0.1, -0.05) is 11.2 Å². The molecule has 3 rings (SSSR count). The zero-order chi connectivity index (χ0) is 19.7. The molecule has 0 aliphatic heterocycles. The van der Waals surface area contributed by atoms with Crippen LogP contribution in [0.25, 0.3) is 0 Å². The van der Waals surface area contributed by atoms with E-state index < -0.39 is 46.6 Å². The number of halogens is 2. The highest BCUT2D eigenvalue weighted by atomic mass is 19.1. The van der Waals surface area contributed by atoms with Crippen molar-refractivity contribution in [3.8, 4) is 0 Å². The van der Waals surface area contributed by atoms with E-state index in [9.17, 15) is 23.2 Å². The Labute approximate surface area is 148 Å². The quantitative estimate of drug-likeness (QED) is 0.619. The van der Waals surface area contributed by atoms with Crippen molar-refractivity contribution in [2.75, 3.05) is 5.32 Å². The Morgan fingerprint density at radius 1 is 1.15 bits per heavy atom. The van der Waals surface area contributed by atoms with Gasteiger partial charge < -0.3 is 0 Å². The summed E-state index contributed by atoms with van der Waals surface area (Å²) in [6.07, 6.45) is 0. The van der Waals surface area contributed by atoms with Gasteiger partial charge in [-0.2, -0.15) is 5.10 Å². The minimum atomic E-state index is -1.12. The minimum Gasteiger partial charge on any atom is -0.288 e. The summed E-state index contributed by atoms with van der Waals surface area (Å²) in [5, 5.41) is 16.2. The highest BCUT2D eigenvalue weighted by Crippen LogP contribution is 2.12. The Bertz CT molecular complexity index is 1130. The number of amides is 1. The second-order valence-electron chi connectivity index (χ2n) is 5.43. The monoisotopic (exact) mass is 378 g/mol. The minimum absolute atomic E-state index is 0.0678. The molecule has 1 amide bonds. The summed E-state index contributed by atoms with van der Waals surface area (Å²) in [7, 11) is 2.64. The molecule has 0 unspecified atom stereocenters. The van der Waals surface area contributed by atoms with Crippen LogP contribution in [-0.4, -0.2) is 40.5 Å². The van der Waals surface area contributed by atoms with Gasteiger partial charge in [-0.15, -0.1) is 0 Å². The summed E-state index contributed by atoms with van der Waals surface area (Å²) in [4.78, 5) is 37.1. The Kier molecular flexibility index (Phi) is 4.58. The second kappa shape index (κ2) is 6.86. The molecule has 0 fully saturated rings. The topological polar surface area (TPSA) is 130 Å². The molecular weight excluding hydrogens is 366 g/mol. The number of tetrazole rings is 1. The average Bonchev–Trinajstić information content (AvgIpc) is 3.02. The molecule has 0 saturated heterocycles. The van der Waals surface area contributed by atoms with E-state index in [4.69, 9.17) is 0 Å². The summed E-state index contributed by atoms with van der Waals surface area (Å²) in [6, 6.07) is 3.13. The molecule has 27 heavy (non-hydrogen) atoms. The van der Waals surface area contributed by atoms with Gasteiger partial charge in [-0.25, -0.2) is 22.9 Å². The Morgan fingerprint density at radius 3 is 2.41 bits per heavy atom. The van der Waals surface area contributed by atoms with Gasteiger partial charge in [-0.3, -0.25) is 19.5 Å². The van der Waals surface area contributed by atoms with Gasteiger partial charge in [0.1, 0.15) is 11.6 Å². The third kappa shape index (κ3) is 3.33. The van der Waals surface area contributed by atoms with Crippen LogP contribution in [0.4, 0.5) is 14.7 Å². The van der Waals surface area contributed by atoms with Crippen molar-refractivity contribution in [2.24, 2.45) is 14.1 Å². The molecule has 0 aliphatic rings. The zero-order valence-electron chi connectivity index (χ0n) is 14.1. The van der Waals surface area contributed by atoms with Crippen LogP contribution in [0, 0.1) is 11.6 Å². The predicted molar refractivity (Wildman–Crippen MR) is 85.9 cm³/mol. The van der Waals surface area contributed by atoms with Gasteiger partial charge in [0.2, 0.25) is 11.6 Å². The molecule has 1 aromatic carbocycles. The summed E-state index contributed by atoms with van der Waals surface area (Å²) in [5.74, 6) is -2.92. The SMILES string of the molecule is Cn1nnnc1NC(=O)c1nn(C)c(=O)n(Cc2c(F)cccc2F)c1=O. The zero-order valence-corrected chi connectivity index (χ0v) is 14.1. The average molecular weight is 378 g/mol. The van der Waals surface area contributed by atoms with Crippen LogP contribution in [0.3, 0.4) is 0 Å². The number of carbonyl (C=O) groups is 1. The van der Waals surface area contributed by atoms with Gasteiger partial charge in [0.05, 0.1) is 6.54 Å². The highest BCUT2D eigenvalue weighted by Gasteiger charge is 2.21. The fourth-order valence-electron chi connectivity index (χ4n) is 2.24. The fraction of sp³-hybridized carbons (Fsp3) is 0.214. The van der Waals surface area contributed by atoms with E-state index in [1.165, 1.54) is 14.1 Å². The first-order valence-electron chi connectivity index (χ1n) is 7.44. The number of anilines is 1. The molecule has 11 nitrogen and oxygen atoms in total. The number of nitrogens with one attached hydrogen (secondary N) is 1. The number of aryl methyl sites for hydroxylation is 2. The molecule has 0 aliphatic carbocycles. The van der Waals surface area contributed by atoms with E-state index in [1.807, 2.05) is 0 Å². The lowest BCUT2D eigenvalue weighted by Gasteiger charge is -2.10. The summed E-state index contributed by atoms with van der Waals surface area (Å²) in [6.45, 7) is -0.710. The molecule has 3 aromatic rings. The maximum atomic E-state index is 13.9. The number of rotatable bonds is 4. The van der Waals surface area contributed by atoms with Crippen molar-refractivity contribution < 1.29 is 13.6 Å². The molecule has 0 bridgehead atoms. The summed E-state index contributed by atoms with van der Waals surface area (Å²) < 4.78 is 30.1. The lowest BCUT2D eigenvalue weighted by molar-refractivity contribution is 0.101. The van der Waals surface area contributed by atoms with Gasteiger partial charge in [0, 0.05) is 19.7 Å². The van der Waals surface area contributed by atoms with E-state index in [0.717, 1.165) is 22.9 Å². The molecule has 0 saturated carbocycles. The van der Waals surface area contributed by atoms with Crippen molar-refractivity contribution in [1.29, 1.82) is 0 Å². The van der Waals surface area contributed by atoms with Crippen molar-refractivity contribution >= 4 is 11.9 Å². The molecule has 0 atom stereocenters. The molecule has 140 valence electrons. The van der Waals surface area contributed by atoms with Gasteiger partial charge >= 0.3 is 5.69 Å². The molecule has 13 heteroatoms. The first-order chi connectivity index (χ1) is 12.8. The molecule has 1 N–H and O–H groups in total. The first kappa shape index (κ1) is 18.0. The predicted octanol–water partition coefficient (Wildman–Crippen LogP) is -0.956. The Hall–Kier alpha value is -3.77. The summed E-state index contributed by atoms with van der Waals surface area (Å²) in [5.41, 5.74) is -3.23. The van der Waals surface area contributed by atoms with E-state index in [0.29, 0.717) is 9.25 Å². The van der Waals surface area contributed by atoms with E-state index >= 15 is 0 Å². The molecule has 0 spiro atoms. The van der Waals surface area contributed by atoms with Crippen LogP contribution in [-0.2, 0) is 20.6 Å². The smallest absolute Gasteiger partial charge is 0.288 e. The molecule has 0 radical (unpaired) electrons. The number of carbonyl (C=O) groups excluding carboxylic acids is 1. The number of benzene rings is 1. The maximum absolute atomic E-state index is 13.9. The normalized spacial score (nSPS) is 10.8. The van der Waals surface area contributed by atoms with E-state index in [-0.39, 0.29) is 5.95 Å². The molecule has 2 aromatic heterocycles. The van der Waals surface area contributed by atoms with Crippen molar-refractivity contribution in [3.63, 3.8) is 0 Å². The lowest BCUT2D eigenvalue weighted by atomic mass is 10.2. The second-order valence-corrected chi connectivity index (χ2v) is 5.43. The van der Waals surface area contributed by atoms with Crippen LogP contribution in [0.15, 0.2) is 27.8 Å². The molecular formula is C14H12F2N8O3. The maximum Gasteiger partial charge on any atom is 0.347 e. The largest absolute Gasteiger partial charge is 0.347 e. The van der Waals surface area contributed by atoms with Crippen LogP contribution in [0.5, 0.6) is 0 Å². The van der Waals surface area contributed by atoms with Gasteiger partial charge in [-0.05, 0) is 22.6 Å². The van der Waals surface area contributed by atoms with Crippen LogP contribution < -0.4 is 16.6 Å². The van der Waals surface area contributed by atoms with Crippen LogP contribution >= 0.6 is 0 Å². The van der Waals surface area contributed by atoms with Crippen molar-refractivity contribution in [3.05, 3.63) is 61.9 Å². The number of hydrogen-bond acceptors (Lipinski definition) is 7. The van der Waals surface area contributed by atoms with E-state index in [1.54, 1.807) is 0 Å². The van der Waals surface area contributed by atoms with Crippen molar-refractivity contribution in [1.82, 2.24) is 34.6 Å². The highest BCUT2D eigenvalue weighted by molar-refractivity contribution is 6.01. The Morgan fingerprint density at radius 2 is 1.81 bits per heavy atom. The van der Waals surface area contributed by atoms with Crippen molar-refractivity contribution in [2.45, 2.75) is 6.54 Å². The fourth-order valence-corrected chi connectivity index (χ4v) is 2.24. The lowest BCUT2D eigenvalue weighted by Crippen LogP contribution is -2.45. The molecule has 2 heterocycles. The van der Waals surface area contributed by atoms with Gasteiger partial charge in [0.15, 0.2) is 0 Å². The number of nitrogens with zero attached hydrogens (tertiary/aromatic N) is 7. The third-order valence-corrected chi connectivity index (χ3v) is 3.64. The number of aromatic nitrogens is 7. The van der Waals surface area contributed by atoms with Gasteiger partial charge in [0.25, 0.3) is 11.5 Å². The van der Waals surface area contributed by atoms with Crippen LogP contribution in [0.2, 0.25) is 0 Å². The summed E-state index contributed by atoms with van der Waals surface area (Å²) >= 11 is 0. The third-order valence-electron chi connectivity index (χ3n) is 3.64. The van der Waals surface area contributed by atoms with E-state index in [2.05, 4.69) is 25.9 Å². The number of hydrogen-bond donors (Lipinski definition) is 1. The standard InChI is InChI=1S/C14H12F2N8O3/c1-22-13(18-20-21-22)17-11(25)10-12(26)24(14(27)23(2)19-10)6-7-8(15)4-3-5-9(7)16/h3-5H,6H2,1-2H3,(H,17,18,21,25). The Balaban J connectivity index is 2.06. The van der Waals surface area contributed by atoms with Crippen LogP contribution in [0.1, 0.15) is 16.1 Å². The first-order valence-corrected chi connectivity index (χ1v) is 7.44.